The minimum Gasteiger partial charge on any atom is -0.343 e. The molecular formula is C11H11F2N3O. The minimum absolute atomic E-state index is 0.210. The first kappa shape index (κ1) is 11.7. The van der Waals surface area contributed by atoms with Crippen molar-refractivity contribution in [2.75, 3.05) is 0 Å². The van der Waals surface area contributed by atoms with Crippen molar-refractivity contribution in [2.45, 2.75) is 19.5 Å². The number of hydrogen-bond donors (Lipinski definition) is 1. The van der Waals surface area contributed by atoms with Crippen LogP contribution in [-0.4, -0.2) is 10.1 Å². The summed E-state index contributed by atoms with van der Waals surface area (Å²) in [5.74, 6) is -0.685. The lowest BCUT2D eigenvalue weighted by atomic mass is 10.1. The topological polar surface area (TPSA) is 51.0 Å². The van der Waals surface area contributed by atoms with Gasteiger partial charge in [0.2, 0.25) is 6.39 Å². The molecule has 0 fully saturated rings. The van der Waals surface area contributed by atoms with Crippen molar-refractivity contribution >= 4 is 0 Å². The molecule has 6 heteroatoms. The normalized spacial score (nSPS) is 12.6. The van der Waals surface area contributed by atoms with Crippen LogP contribution in [0, 0.1) is 11.6 Å². The number of hydrogen-bond acceptors (Lipinski definition) is 4. The number of halogens is 2. The third kappa shape index (κ3) is 3.07. The molecule has 0 aliphatic carbocycles. The van der Waals surface area contributed by atoms with Crippen molar-refractivity contribution in [3.63, 3.8) is 0 Å². The van der Waals surface area contributed by atoms with Gasteiger partial charge < -0.3 is 9.84 Å². The van der Waals surface area contributed by atoms with Gasteiger partial charge in [0.05, 0.1) is 6.54 Å². The Labute approximate surface area is 96.6 Å². The van der Waals surface area contributed by atoms with E-state index in [0.717, 1.165) is 6.07 Å². The molecule has 0 saturated carbocycles. The van der Waals surface area contributed by atoms with Gasteiger partial charge in [-0.25, -0.2) is 8.78 Å². The molecule has 2 aromatic rings. The van der Waals surface area contributed by atoms with Crippen LogP contribution < -0.4 is 5.32 Å². The average molecular weight is 239 g/mol. The van der Waals surface area contributed by atoms with Gasteiger partial charge in [0.1, 0.15) is 11.6 Å². The summed E-state index contributed by atoms with van der Waals surface area (Å²) in [6.07, 6.45) is 1.23. The maximum atomic E-state index is 13.0. The van der Waals surface area contributed by atoms with E-state index in [-0.39, 0.29) is 6.04 Å². The average Bonchev–Trinajstić information content (AvgIpc) is 2.77. The minimum atomic E-state index is -0.590. The fourth-order valence-electron chi connectivity index (χ4n) is 1.46. The molecule has 1 N–H and O–H groups in total. The molecule has 1 unspecified atom stereocenters. The summed E-state index contributed by atoms with van der Waals surface area (Å²) in [5, 5.41) is 6.66. The van der Waals surface area contributed by atoms with Crippen molar-refractivity contribution in [2.24, 2.45) is 0 Å². The van der Waals surface area contributed by atoms with E-state index in [1.807, 2.05) is 0 Å². The van der Waals surface area contributed by atoms with Crippen LogP contribution in [0.1, 0.15) is 24.4 Å². The summed E-state index contributed by atoms with van der Waals surface area (Å²) in [5.41, 5.74) is 0.533. The zero-order chi connectivity index (χ0) is 12.3. The third-order valence-corrected chi connectivity index (χ3v) is 2.36. The van der Waals surface area contributed by atoms with E-state index in [2.05, 4.69) is 20.0 Å². The number of nitrogens with one attached hydrogen (secondary N) is 1. The quantitative estimate of drug-likeness (QED) is 0.888. The summed E-state index contributed by atoms with van der Waals surface area (Å²) < 4.78 is 30.6. The highest BCUT2D eigenvalue weighted by Gasteiger charge is 2.09. The Morgan fingerprint density at radius 1 is 1.29 bits per heavy atom. The molecule has 1 aromatic heterocycles. The highest BCUT2D eigenvalue weighted by atomic mass is 19.1. The number of benzene rings is 1. The van der Waals surface area contributed by atoms with Crippen molar-refractivity contribution in [1.29, 1.82) is 0 Å². The van der Waals surface area contributed by atoms with E-state index in [9.17, 15) is 8.78 Å². The molecule has 0 aliphatic heterocycles. The Kier molecular flexibility index (Phi) is 3.43. The molecule has 0 amide bonds. The number of aromatic nitrogens is 2. The van der Waals surface area contributed by atoms with Crippen LogP contribution in [0.4, 0.5) is 8.78 Å². The van der Waals surface area contributed by atoms with Gasteiger partial charge in [-0.3, -0.25) is 0 Å². The van der Waals surface area contributed by atoms with Gasteiger partial charge in [-0.15, -0.1) is 0 Å². The summed E-state index contributed by atoms with van der Waals surface area (Å²) in [7, 11) is 0. The summed E-state index contributed by atoms with van der Waals surface area (Å²) in [6.45, 7) is 2.17. The van der Waals surface area contributed by atoms with E-state index < -0.39 is 11.6 Å². The Morgan fingerprint density at radius 2 is 2.00 bits per heavy atom. The van der Waals surface area contributed by atoms with E-state index in [4.69, 9.17) is 0 Å². The Hall–Kier alpha value is -1.82. The second kappa shape index (κ2) is 5.01. The predicted octanol–water partition coefficient (Wildman–Crippen LogP) is 2.20. The second-order valence-corrected chi connectivity index (χ2v) is 3.65. The Balaban J connectivity index is 2.01. The molecule has 17 heavy (non-hydrogen) atoms. The third-order valence-electron chi connectivity index (χ3n) is 2.36. The van der Waals surface area contributed by atoms with Gasteiger partial charge in [-0.05, 0) is 24.6 Å². The number of rotatable bonds is 4. The van der Waals surface area contributed by atoms with E-state index in [0.29, 0.717) is 17.9 Å². The van der Waals surface area contributed by atoms with Crippen LogP contribution in [0.15, 0.2) is 29.1 Å². The summed E-state index contributed by atoms with van der Waals surface area (Å²) >= 11 is 0. The fourth-order valence-corrected chi connectivity index (χ4v) is 1.46. The maximum Gasteiger partial charge on any atom is 0.213 e. The fraction of sp³-hybridized carbons (Fsp3) is 0.273. The van der Waals surface area contributed by atoms with Crippen molar-refractivity contribution in [3.8, 4) is 0 Å². The molecule has 0 bridgehead atoms. The van der Waals surface area contributed by atoms with E-state index in [1.54, 1.807) is 6.92 Å². The van der Waals surface area contributed by atoms with Gasteiger partial charge in [0.25, 0.3) is 0 Å². The van der Waals surface area contributed by atoms with Crippen LogP contribution in [0.3, 0.4) is 0 Å². The largest absolute Gasteiger partial charge is 0.343 e. The zero-order valence-electron chi connectivity index (χ0n) is 9.15. The Morgan fingerprint density at radius 3 is 2.59 bits per heavy atom. The predicted molar refractivity (Wildman–Crippen MR) is 55.9 cm³/mol. The van der Waals surface area contributed by atoms with Crippen LogP contribution in [0.25, 0.3) is 0 Å². The molecule has 0 spiro atoms. The Bertz CT molecular complexity index is 467. The molecular weight excluding hydrogens is 228 g/mol. The van der Waals surface area contributed by atoms with Crippen molar-refractivity contribution in [3.05, 3.63) is 47.6 Å². The van der Waals surface area contributed by atoms with Crippen molar-refractivity contribution < 1.29 is 13.3 Å². The monoisotopic (exact) mass is 239 g/mol. The van der Waals surface area contributed by atoms with E-state index in [1.165, 1.54) is 18.5 Å². The van der Waals surface area contributed by atoms with Gasteiger partial charge in [0.15, 0.2) is 5.82 Å². The standard InChI is InChI=1S/C11H11F2N3O/c1-7(14-5-11-15-6-17-16-11)8-2-9(12)4-10(13)3-8/h2-4,6-7,14H,5H2,1H3. The first-order valence-electron chi connectivity index (χ1n) is 5.10. The number of nitrogens with zero attached hydrogens (tertiary/aromatic N) is 2. The lowest BCUT2D eigenvalue weighted by molar-refractivity contribution is 0.405. The van der Waals surface area contributed by atoms with E-state index >= 15 is 0 Å². The highest BCUT2D eigenvalue weighted by Crippen LogP contribution is 2.16. The maximum absolute atomic E-state index is 13.0. The molecule has 2 rings (SSSR count). The molecule has 90 valence electrons. The van der Waals surface area contributed by atoms with Crippen LogP contribution in [0.2, 0.25) is 0 Å². The highest BCUT2D eigenvalue weighted by molar-refractivity contribution is 5.20. The zero-order valence-corrected chi connectivity index (χ0v) is 9.15. The molecule has 0 aliphatic rings. The second-order valence-electron chi connectivity index (χ2n) is 3.65. The van der Waals surface area contributed by atoms with Crippen molar-refractivity contribution in [1.82, 2.24) is 15.5 Å². The summed E-state index contributed by atoms with van der Waals surface area (Å²) in [6, 6.07) is 3.21. The summed E-state index contributed by atoms with van der Waals surface area (Å²) in [4.78, 5) is 3.83. The smallest absolute Gasteiger partial charge is 0.213 e. The molecule has 4 nitrogen and oxygen atoms in total. The molecule has 0 radical (unpaired) electrons. The SMILES string of the molecule is CC(NCc1ncon1)c1cc(F)cc(F)c1. The first-order chi connectivity index (χ1) is 8.15. The van der Waals surface area contributed by atoms with Gasteiger partial charge >= 0.3 is 0 Å². The first-order valence-corrected chi connectivity index (χ1v) is 5.10. The molecule has 1 heterocycles. The lowest BCUT2D eigenvalue weighted by Crippen LogP contribution is -2.19. The van der Waals surface area contributed by atoms with Crippen LogP contribution >= 0.6 is 0 Å². The van der Waals surface area contributed by atoms with Gasteiger partial charge in [0, 0.05) is 12.1 Å². The molecule has 1 atom stereocenters. The lowest BCUT2D eigenvalue weighted by Gasteiger charge is -2.12. The molecule has 1 aromatic carbocycles. The van der Waals surface area contributed by atoms with Crippen LogP contribution in [0.5, 0.6) is 0 Å². The molecule has 0 saturated heterocycles. The van der Waals surface area contributed by atoms with Gasteiger partial charge in [-0.1, -0.05) is 5.16 Å². The van der Waals surface area contributed by atoms with Gasteiger partial charge in [-0.2, -0.15) is 4.98 Å². The van der Waals surface area contributed by atoms with Crippen LogP contribution in [-0.2, 0) is 6.54 Å².